The van der Waals surface area contributed by atoms with Gasteiger partial charge in [0.05, 0.1) is 5.56 Å². The zero-order valence-corrected chi connectivity index (χ0v) is 10.6. The average molecular weight is 264 g/mol. The molecule has 4 N–H and O–H groups in total. The lowest BCUT2D eigenvalue weighted by Gasteiger charge is -2.10. The standard InChI is InChI=1S/C14H12N6/c15-12-11(9-1-5-17-6-2-9)13(16)20-14(19-12)10-3-7-18-8-4-10/h1-8H,(H4,15,16,19,20). The molecule has 0 radical (unpaired) electrons. The Hall–Kier alpha value is -3.02. The lowest BCUT2D eigenvalue weighted by molar-refractivity contribution is 1.18. The van der Waals surface area contributed by atoms with E-state index in [2.05, 4.69) is 19.9 Å². The normalized spacial score (nSPS) is 10.4. The van der Waals surface area contributed by atoms with Crippen LogP contribution in [0.1, 0.15) is 0 Å². The quantitative estimate of drug-likeness (QED) is 0.731. The molecule has 0 amide bonds. The van der Waals surface area contributed by atoms with Crippen LogP contribution >= 0.6 is 0 Å². The Kier molecular flexibility index (Phi) is 2.96. The third kappa shape index (κ3) is 2.14. The molecule has 0 aromatic carbocycles. The van der Waals surface area contributed by atoms with Crippen molar-refractivity contribution in [3.05, 3.63) is 49.1 Å². The van der Waals surface area contributed by atoms with Crippen LogP contribution in [0.5, 0.6) is 0 Å². The van der Waals surface area contributed by atoms with Crippen LogP contribution in [0.4, 0.5) is 11.6 Å². The van der Waals surface area contributed by atoms with Gasteiger partial charge in [0.25, 0.3) is 0 Å². The molecule has 20 heavy (non-hydrogen) atoms. The lowest BCUT2D eigenvalue weighted by atomic mass is 10.1. The summed E-state index contributed by atoms with van der Waals surface area (Å²) in [7, 11) is 0. The van der Waals surface area contributed by atoms with E-state index in [-0.39, 0.29) is 0 Å². The first-order valence-corrected chi connectivity index (χ1v) is 5.99. The highest BCUT2D eigenvalue weighted by molar-refractivity contribution is 5.83. The van der Waals surface area contributed by atoms with E-state index in [0.717, 1.165) is 11.1 Å². The summed E-state index contributed by atoms with van der Waals surface area (Å²) in [5.41, 5.74) is 14.3. The minimum Gasteiger partial charge on any atom is -0.383 e. The molecule has 0 aliphatic rings. The number of aromatic nitrogens is 4. The van der Waals surface area contributed by atoms with Crippen molar-refractivity contribution in [1.82, 2.24) is 19.9 Å². The molecule has 3 aromatic heterocycles. The fraction of sp³-hybridized carbons (Fsp3) is 0. The first-order valence-electron chi connectivity index (χ1n) is 5.99. The van der Waals surface area contributed by atoms with Gasteiger partial charge in [-0.1, -0.05) is 0 Å². The van der Waals surface area contributed by atoms with Gasteiger partial charge in [-0.3, -0.25) is 9.97 Å². The maximum atomic E-state index is 6.02. The maximum absolute atomic E-state index is 6.02. The van der Waals surface area contributed by atoms with E-state index in [1.807, 2.05) is 12.1 Å². The van der Waals surface area contributed by atoms with Crippen LogP contribution in [-0.4, -0.2) is 19.9 Å². The summed E-state index contributed by atoms with van der Waals surface area (Å²) in [5.74, 6) is 1.17. The number of nitrogens with two attached hydrogens (primary N) is 2. The summed E-state index contributed by atoms with van der Waals surface area (Å²) < 4.78 is 0. The second-order valence-corrected chi connectivity index (χ2v) is 4.16. The molecule has 3 heterocycles. The molecule has 0 saturated carbocycles. The van der Waals surface area contributed by atoms with Gasteiger partial charge < -0.3 is 11.5 Å². The molecule has 0 aliphatic heterocycles. The zero-order valence-electron chi connectivity index (χ0n) is 10.6. The Bertz CT molecular complexity index is 704. The molecular formula is C14H12N6. The van der Waals surface area contributed by atoms with Crippen molar-refractivity contribution in [2.75, 3.05) is 11.5 Å². The van der Waals surface area contributed by atoms with Crippen molar-refractivity contribution in [3.8, 4) is 22.5 Å². The minimum atomic E-state index is 0.343. The second kappa shape index (κ2) is 4.93. The first kappa shape index (κ1) is 12.0. The van der Waals surface area contributed by atoms with Crippen molar-refractivity contribution in [2.45, 2.75) is 0 Å². The van der Waals surface area contributed by atoms with Gasteiger partial charge in [-0.05, 0) is 29.8 Å². The Morgan fingerprint density at radius 2 is 1.10 bits per heavy atom. The van der Waals surface area contributed by atoms with E-state index in [0.29, 0.717) is 23.0 Å². The highest BCUT2D eigenvalue weighted by atomic mass is 15.0. The van der Waals surface area contributed by atoms with Crippen molar-refractivity contribution in [1.29, 1.82) is 0 Å². The Morgan fingerprint density at radius 3 is 1.60 bits per heavy atom. The lowest BCUT2D eigenvalue weighted by Crippen LogP contribution is -2.04. The van der Waals surface area contributed by atoms with Gasteiger partial charge in [0.2, 0.25) is 0 Å². The monoisotopic (exact) mass is 264 g/mol. The minimum absolute atomic E-state index is 0.343. The fourth-order valence-electron chi connectivity index (χ4n) is 1.94. The van der Waals surface area contributed by atoms with E-state index in [1.54, 1.807) is 36.9 Å². The van der Waals surface area contributed by atoms with Crippen molar-refractivity contribution in [2.24, 2.45) is 0 Å². The summed E-state index contributed by atoms with van der Waals surface area (Å²) in [4.78, 5) is 16.6. The van der Waals surface area contributed by atoms with Crippen LogP contribution in [0.15, 0.2) is 49.1 Å². The number of pyridine rings is 2. The van der Waals surface area contributed by atoms with Gasteiger partial charge in [-0.25, -0.2) is 9.97 Å². The highest BCUT2D eigenvalue weighted by Crippen LogP contribution is 2.30. The maximum Gasteiger partial charge on any atom is 0.163 e. The predicted molar refractivity (Wildman–Crippen MR) is 77.3 cm³/mol. The summed E-state index contributed by atoms with van der Waals surface area (Å²) in [6.45, 7) is 0. The van der Waals surface area contributed by atoms with Crippen LogP contribution in [0.3, 0.4) is 0 Å². The summed E-state index contributed by atoms with van der Waals surface area (Å²) in [5, 5.41) is 0. The molecule has 3 aromatic rings. The van der Waals surface area contributed by atoms with Gasteiger partial charge in [0, 0.05) is 30.4 Å². The summed E-state index contributed by atoms with van der Waals surface area (Å²) >= 11 is 0. The predicted octanol–water partition coefficient (Wildman–Crippen LogP) is 1.76. The van der Waals surface area contributed by atoms with Gasteiger partial charge in [-0.15, -0.1) is 0 Å². The third-order valence-electron chi connectivity index (χ3n) is 2.87. The van der Waals surface area contributed by atoms with Gasteiger partial charge in [0.1, 0.15) is 11.6 Å². The molecule has 3 rings (SSSR count). The molecule has 0 atom stereocenters. The Morgan fingerprint density at radius 1 is 0.650 bits per heavy atom. The van der Waals surface area contributed by atoms with E-state index >= 15 is 0 Å². The van der Waals surface area contributed by atoms with Crippen molar-refractivity contribution in [3.63, 3.8) is 0 Å². The van der Waals surface area contributed by atoms with Crippen molar-refractivity contribution >= 4 is 11.6 Å². The van der Waals surface area contributed by atoms with E-state index in [9.17, 15) is 0 Å². The summed E-state index contributed by atoms with van der Waals surface area (Å²) in [6.07, 6.45) is 6.68. The fourth-order valence-corrected chi connectivity index (χ4v) is 1.94. The van der Waals surface area contributed by atoms with Crippen molar-refractivity contribution < 1.29 is 0 Å². The van der Waals surface area contributed by atoms with Crippen LogP contribution in [0, 0.1) is 0 Å². The summed E-state index contributed by atoms with van der Waals surface area (Å²) in [6, 6.07) is 7.25. The average Bonchev–Trinajstić information content (AvgIpc) is 2.48. The number of nitrogens with zero attached hydrogens (tertiary/aromatic N) is 4. The molecule has 0 bridgehead atoms. The molecule has 0 saturated heterocycles. The molecule has 0 unspecified atom stereocenters. The van der Waals surface area contributed by atoms with E-state index in [4.69, 9.17) is 11.5 Å². The third-order valence-corrected chi connectivity index (χ3v) is 2.87. The largest absolute Gasteiger partial charge is 0.383 e. The van der Waals surface area contributed by atoms with Gasteiger partial charge >= 0.3 is 0 Å². The number of rotatable bonds is 2. The van der Waals surface area contributed by atoms with E-state index in [1.165, 1.54) is 0 Å². The number of nitrogen functional groups attached to an aromatic ring is 2. The highest BCUT2D eigenvalue weighted by Gasteiger charge is 2.13. The number of hydrogen-bond donors (Lipinski definition) is 2. The molecule has 0 aliphatic carbocycles. The smallest absolute Gasteiger partial charge is 0.163 e. The molecule has 98 valence electrons. The first-order chi connectivity index (χ1) is 9.75. The molecule has 0 fully saturated rings. The Labute approximate surface area is 115 Å². The van der Waals surface area contributed by atoms with E-state index < -0.39 is 0 Å². The molecular weight excluding hydrogens is 252 g/mol. The Balaban J connectivity index is 2.13. The number of hydrogen-bond acceptors (Lipinski definition) is 6. The molecule has 6 nitrogen and oxygen atoms in total. The van der Waals surface area contributed by atoms with Crippen LogP contribution in [0.2, 0.25) is 0 Å². The molecule has 0 spiro atoms. The van der Waals surface area contributed by atoms with Gasteiger partial charge in [-0.2, -0.15) is 0 Å². The van der Waals surface area contributed by atoms with Crippen LogP contribution < -0.4 is 11.5 Å². The zero-order chi connectivity index (χ0) is 13.9. The molecule has 6 heteroatoms. The SMILES string of the molecule is Nc1nc(-c2ccncc2)nc(N)c1-c1ccncc1. The van der Waals surface area contributed by atoms with Crippen LogP contribution in [-0.2, 0) is 0 Å². The second-order valence-electron chi connectivity index (χ2n) is 4.16. The number of anilines is 2. The van der Waals surface area contributed by atoms with Gasteiger partial charge in [0.15, 0.2) is 5.82 Å². The topological polar surface area (TPSA) is 104 Å². The van der Waals surface area contributed by atoms with Crippen LogP contribution in [0.25, 0.3) is 22.5 Å².